The molecular weight excluding hydrogens is 258 g/mol. The third-order valence-electron chi connectivity index (χ3n) is 3.59. The number of hydrogen-bond acceptors (Lipinski definition) is 5. The van der Waals surface area contributed by atoms with Gasteiger partial charge in [0.25, 0.3) is 5.56 Å². The fourth-order valence-electron chi connectivity index (χ4n) is 2.35. The zero-order valence-corrected chi connectivity index (χ0v) is 12.2. The third-order valence-corrected chi connectivity index (χ3v) is 3.59. The Morgan fingerprint density at radius 1 is 1.60 bits per heavy atom. The molecule has 1 aliphatic carbocycles. The lowest BCUT2D eigenvalue weighted by Crippen LogP contribution is -2.46. The Labute approximate surface area is 118 Å². The maximum Gasteiger partial charge on any atom is 0.331 e. The minimum absolute atomic E-state index is 0.179. The van der Waals surface area contributed by atoms with Gasteiger partial charge < -0.3 is 14.6 Å². The molecule has 1 aliphatic rings. The van der Waals surface area contributed by atoms with Crippen LogP contribution in [0, 0.1) is 0 Å². The fourth-order valence-corrected chi connectivity index (χ4v) is 2.35. The van der Waals surface area contributed by atoms with E-state index in [1.54, 1.807) is 23.9 Å². The number of rotatable bonds is 6. The van der Waals surface area contributed by atoms with Crippen molar-refractivity contribution in [2.75, 3.05) is 12.4 Å². The second kappa shape index (κ2) is 5.64. The molecule has 0 saturated heterocycles. The number of nitrogens with one attached hydrogen (secondary N) is 1. The maximum absolute atomic E-state index is 12.3. The van der Waals surface area contributed by atoms with Gasteiger partial charge in [0.15, 0.2) is 5.82 Å². The average molecular weight is 279 g/mol. The van der Waals surface area contributed by atoms with Gasteiger partial charge in [0.2, 0.25) is 0 Å². The van der Waals surface area contributed by atoms with E-state index in [0.717, 1.165) is 19.3 Å². The largest absolute Gasteiger partial charge is 0.467 e. The molecule has 110 valence electrons. The molecule has 20 heavy (non-hydrogen) atoms. The Bertz CT molecular complexity index is 551. The van der Waals surface area contributed by atoms with Gasteiger partial charge in [-0.2, -0.15) is 0 Å². The van der Waals surface area contributed by atoms with E-state index in [-0.39, 0.29) is 23.4 Å². The first-order valence-electron chi connectivity index (χ1n) is 6.95. The summed E-state index contributed by atoms with van der Waals surface area (Å²) in [6.45, 7) is 3.71. The normalized spacial score (nSPS) is 17.4. The van der Waals surface area contributed by atoms with Gasteiger partial charge in [0, 0.05) is 18.4 Å². The lowest BCUT2D eigenvalue weighted by molar-refractivity contribution is -0.145. The van der Waals surface area contributed by atoms with Crippen molar-refractivity contribution in [1.29, 1.82) is 0 Å². The highest BCUT2D eigenvalue weighted by Crippen LogP contribution is 2.33. The van der Waals surface area contributed by atoms with E-state index in [1.807, 2.05) is 6.92 Å². The predicted octanol–water partition coefficient (Wildman–Crippen LogP) is 1.72. The molecule has 1 heterocycles. The summed E-state index contributed by atoms with van der Waals surface area (Å²) in [5.74, 6) is -0.178. The maximum atomic E-state index is 12.3. The van der Waals surface area contributed by atoms with Gasteiger partial charge in [-0.1, -0.05) is 13.3 Å². The Morgan fingerprint density at radius 3 is 2.85 bits per heavy atom. The zero-order valence-electron chi connectivity index (χ0n) is 12.2. The molecule has 0 aromatic carbocycles. The Kier molecular flexibility index (Phi) is 4.11. The van der Waals surface area contributed by atoms with Crippen LogP contribution in [0.3, 0.4) is 0 Å². The van der Waals surface area contributed by atoms with Crippen LogP contribution in [0.25, 0.3) is 0 Å². The van der Waals surface area contributed by atoms with Crippen LogP contribution >= 0.6 is 0 Å². The number of hydrogen-bond donors (Lipinski definition) is 1. The molecule has 0 spiro atoms. The highest BCUT2D eigenvalue weighted by atomic mass is 16.5. The highest BCUT2D eigenvalue weighted by Gasteiger charge is 2.35. The van der Waals surface area contributed by atoms with Crippen LogP contribution in [0.2, 0.25) is 0 Å². The molecule has 6 heteroatoms. The van der Waals surface area contributed by atoms with E-state index in [9.17, 15) is 9.59 Å². The molecule has 6 nitrogen and oxygen atoms in total. The van der Waals surface area contributed by atoms with Crippen molar-refractivity contribution in [2.45, 2.75) is 51.1 Å². The van der Waals surface area contributed by atoms with Crippen molar-refractivity contribution in [3.05, 3.63) is 22.7 Å². The summed E-state index contributed by atoms with van der Waals surface area (Å²) < 4.78 is 6.51. The van der Waals surface area contributed by atoms with Gasteiger partial charge in [-0.15, -0.1) is 0 Å². The molecule has 1 N–H and O–H groups in total. The topological polar surface area (TPSA) is 73.2 Å². The predicted molar refractivity (Wildman–Crippen MR) is 75.7 cm³/mol. The monoisotopic (exact) mass is 279 g/mol. The summed E-state index contributed by atoms with van der Waals surface area (Å²) in [4.78, 5) is 28.4. The van der Waals surface area contributed by atoms with E-state index < -0.39 is 5.54 Å². The van der Waals surface area contributed by atoms with Gasteiger partial charge in [0.05, 0.1) is 7.11 Å². The highest BCUT2D eigenvalue weighted by molar-refractivity contribution is 5.83. The minimum Gasteiger partial charge on any atom is -0.467 e. The summed E-state index contributed by atoms with van der Waals surface area (Å²) in [5, 5.41) is 2.98. The number of nitrogens with zero attached hydrogens (tertiary/aromatic N) is 2. The lowest BCUT2D eigenvalue weighted by atomic mass is 9.96. The first-order valence-corrected chi connectivity index (χ1v) is 6.95. The van der Waals surface area contributed by atoms with Gasteiger partial charge in [-0.05, 0) is 26.2 Å². The SMILES string of the molecule is CCCC(C)(Nc1nccn(C2CC2)c1=O)C(=O)OC. The number of anilines is 1. The minimum atomic E-state index is -0.932. The third kappa shape index (κ3) is 2.84. The van der Waals surface area contributed by atoms with Crippen molar-refractivity contribution >= 4 is 11.8 Å². The Balaban J connectivity index is 2.29. The van der Waals surface area contributed by atoms with Gasteiger partial charge in [-0.25, -0.2) is 9.78 Å². The van der Waals surface area contributed by atoms with Crippen LogP contribution in [-0.2, 0) is 9.53 Å². The Morgan fingerprint density at radius 2 is 2.30 bits per heavy atom. The van der Waals surface area contributed by atoms with Gasteiger partial charge in [-0.3, -0.25) is 4.79 Å². The van der Waals surface area contributed by atoms with Crippen LogP contribution in [0.1, 0.15) is 45.6 Å². The van der Waals surface area contributed by atoms with E-state index in [0.29, 0.717) is 6.42 Å². The number of ether oxygens (including phenoxy) is 1. The van der Waals surface area contributed by atoms with Crippen LogP contribution in [0.4, 0.5) is 5.82 Å². The number of carbonyl (C=O) groups excluding carboxylic acids is 1. The number of aromatic nitrogens is 2. The van der Waals surface area contributed by atoms with E-state index in [2.05, 4.69) is 10.3 Å². The summed E-state index contributed by atoms with van der Waals surface area (Å²) in [7, 11) is 1.35. The summed E-state index contributed by atoms with van der Waals surface area (Å²) >= 11 is 0. The molecule has 2 rings (SSSR count). The summed E-state index contributed by atoms with van der Waals surface area (Å²) in [6.07, 6.45) is 6.69. The van der Waals surface area contributed by atoms with Crippen molar-refractivity contribution in [3.63, 3.8) is 0 Å². The number of methoxy groups -OCH3 is 1. The smallest absolute Gasteiger partial charge is 0.331 e. The van der Waals surface area contributed by atoms with Crippen molar-refractivity contribution in [1.82, 2.24) is 9.55 Å². The molecule has 0 aliphatic heterocycles. The molecule has 0 bridgehead atoms. The first kappa shape index (κ1) is 14.6. The molecule has 1 fully saturated rings. The Hall–Kier alpha value is -1.85. The second-order valence-electron chi connectivity index (χ2n) is 5.42. The average Bonchev–Trinajstić information content (AvgIpc) is 3.25. The molecule has 1 unspecified atom stereocenters. The molecule has 1 saturated carbocycles. The standard InChI is InChI=1S/C14H21N3O3/c1-4-7-14(2,13(19)20-3)16-11-12(18)17(9-8-15-11)10-5-6-10/h8-10H,4-7H2,1-3H3,(H,15,16). The molecule has 1 aromatic heterocycles. The van der Waals surface area contributed by atoms with E-state index >= 15 is 0 Å². The summed E-state index contributed by atoms with van der Waals surface area (Å²) in [6, 6.07) is 0.279. The lowest BCUT2D eigenvalue weighted by Gasteiger charge is -2.27. The second-order valence-corrected chi connectivity index (χ2v) is 5.42. The van der Waals surface area contributed by atoms with Crippen LogP contribution < -0.4 is 10.9 Å². The van der Waals surface area contributed by atoms with Crippen molar-refractivity contribution in [2.24, 2.45) is 0 Å². The fraction of sp³-hybridized carbons (Fsp3) is 0.643. The first-order chi connectivity index (χ1) is 9.51. The number of esters is 1. The molecule has 0 amide bonds. The summed E-state index contributed by atoms with van der Waals surface area (Å²) in [5.41, 5.74) is -1.11. The zero-order chi connectivity index (χ0) is 14.8. The number of carbonyl (C=O) groups is 1. The van der Waals surface area contributed by atoms with Crippen molar-refractivity contribution in [3.8, 4) is 0 Å². The van der Waals surface area contributed by atoms with E-state index in [4.69, 9.17) is 4.74 Å². The van der Waals surface area contributed by atoms with Crippen LogP contribution in [-0.4, -0.2) is 28.2 Å². The molecular formula is C14H21N3O3. The molecule has 0 radical (unpaired) electrons. The van der Waals surface area contributed by atoms with Gasteiger partial charge >= 0.3 is 5.97 Å². The van der Waals surface area contributed by atoms with Crippen LogP contribution in [0.5, 0.6) is 0 Å². The van der Waals surface area contributed by atoms with Gasteiger partial charge in [0.1, 0.15) is 5.54 Å². The quantitative estimate of drug-likeness (QED) is 0.803. The molecule has 1 aromatic rings. The molecule has 1 atom stereocenters. The van der Waals surface area contributed by atoms with Crippen molar-refractivity contribution < 1.29 is 9.53 Å². The van der Waals surface area contributed by atoms with Crippen LogP contribution in [0.15, 0.2) is 17.2 Å². The van der Waals surface area contributed by atoms with E-state index in [1.165, 1.54) is 7.11 Å².